The number of H-pyrrole nitrogens is 1. The van der Waals surface area contributed by atoms with Gasteiger partial charge in [0.2, 0.25) is 0 Å². The minimum Gasteiger partial charge on any atom is -0.277 e. The van der Waals surface area contributed by atoms with E-state index in [1.165, 1.54) is 4.68 Å². The van der Waals surface area contributed by atoms with Gasteiger partial charge < -0.3 is 0 Å². The number of nitrogens with one attached hydrogen (secondary N) is 1. The molecule has 1 aromatic heterocycles. The molecule has 0 amide bonds. The van der Waals surface area contributed by atoms with Crippen LogP contribution in [0.5, 0.6) is 0 Å². The summed E-state index contributed by atoms with van der Waals surface area (Å²) in [4.78, 5) is 11.2. The van der Waals surface area contributed by atoms with Crippen molar-refractivity contribution in [2.45, 2.75) is 33.5 Å². The van der Waals surface area contributed by atoms with Crippen molar-refractivity contribution in [3.05, 3.63) is 20.5 Å². The van der Waals surface area contributed by atoms with Crippen molar-refractivity contribution in [1.29, 1.82) is 0 Å². The molecular weight excluding hydrogens is 289 g/mol. The predicted octanol–water partition coefficient (Wildman–Crippen LogP) is 3.00. The van der Waals surface area contributed by atoms with Crippen molar-refractivity contribution in [3.63, 3.8) is 0 Å². The van der Waals surface area contributed by atoms with Crippen molar-refractivity contribution in [2.75, 3.05) is 0 Å². The summed E-state index contributed by atoms with van der Waals surface area (Å²) in [5.41, 5.74) is -2.53. The summed E-state index contributed by atoms with van der Waals surface area (Å²) in [7, 11) is 0. The second-order valence-electron chi connectivity index (χ2n) is 4.75. The van der Waals surface area contributed by atoms with Gasteiger partial charge in [0, 0.05) is 6.54 Å². The van der Waals surface area contributed by atoms with Crippen LogP contribution in [0.1, 0.15) is 26.3 Å². The second kappa shape index (κ2) is 3.94. The fourth-order valence-corrected chi connectivity index (χ4v) is 1.90. The average molecular weight is 301 g/mol. The lowest BCUT2D eigenvalue weighted by atomic mass is 9.97. The second-order valence-corrected chi connectivity index (χ2v) is 5.50. The Balaban J connectivity index is 3.23. The Kier molecular flexibility index (Phi) is 3.29. The van der Waals surface area contributed by atoms with Crippen LogP contribution in [0.25, 0.3) is 0 Å². The summed E-state index contributed by atoms with van der Waals surface area (Å²) in [6.07, 6.45) is -4.64. The van der Waals surface area contributed by atoms with E-state index >= 15 is 0 Å². The Morgan fingerprint density at radius 2 is 1.81 bits per heavy atom. The molecule has 0 fully saturated rings. The Labute approximate surface area is 98.8 Å². The predicted molar refractivity (Wildman–Crippen MR) is 57.2 cm³/mol. The van der Waals surface area contributed by atoms with E-state index in [4.69, 9.17) is 0 Å². The average Bonchev–Trinajstić information content (AvgIpc) is 2.21. The maximum atomic E-state index is 12.5. The summed E-state index contributed by atoms with van der Waals surface area (Å²) >= 11 is 2.80. The summed E-state index contributed by atoms with van der Waals surface area (Å²) in [5, 5.41) is 2.17. The van der Waals surface area contributed by atoms with E-state index in [0.29, 0.717) is 6.54 Å². The van der Waals surface area contributed by atoms with Crippen molar-refractivity contribution >= 4 is 15.9 Å². The zero-order valence-electron chi connectivity index (χ0n) is 9.07. The molecule has 0 aromatic carbocycles. The van der Waals surface area contributed by atoms with Crippen LogP contribution < -0.4 is 5.56 Å². The van der Waals surface area contributed by atoms with Gasteiger partial charge in [-0.25, -0.2) is 0 Å². The SMILES string of the molecule is CC(C)(C)Cn1[nH]c(=O)c(C(F)(F)F)c1Br. The highest BCUT2D eigenvalue weighted by Gasteiger charge is 2.39. The summed E-state index contributed by atoms with van der Waals surface area (Å²) < 4.78 is 38.4. The van der Waals surface area contributed by atoms with Gasteiger partial charge in [-0.2, -0.15) is 13.2 Å². The lowest BCUT2D eigenvalue weighted by Crippen LogP contribution is -2.18. The first-order valence-corrected chi connectivity index (χ1v) is 5.37. The largest absolute Gasteiger partial charge is 0.424 e. The fourth-order valence-electron chi connectivity index (χ4n) is 1.29. The van der Waals surface area contributed by atoms with Gasteiger partial charge in [-0.3, -0.25) is 14.6 Å². The quantitative estimate of drug-likeness (QED) is 0.850. The van der Waals surface area contributed by atoms with Crippen molar-refractivity contribution < 1.29 is 13.2 Å². The molecule has 0 unspecified atom stereocenters. The van der Waals surface area contributed by atoms with E-state index in [1.54, 1.807) is 0 Å². The van der Waals surface area contributed by atoms with Crippen LogP contribution in [0.2, 0.25) is 0 Å². The van der Waals surface area contributed by atoms with E-state index in [1.807, 2.05) is 20.8 Å². The van der Waals surface area contributed by atoms with E-state index in [-0.39, 0.29) is 10.0 Å². The van der Waals surface area contributed by atoms with Crippen LogP contribution in [0, 0.1) is 5.41 Å². The molecule has 1 N–H and O–H groups in total. The van der Waals surface area contributed by atoms with Crippen LogP contribution in [-0.2, 0) is 12.7 Å². The first-order chi connectivity index (χ1) is 7.02. The molecule has 0 saturated carbocycles. The van der Waals surface area contributed by atoms with Gasteiger partial charge in [0.05, 0.1) is 0 Å². The van der Waals surface area contributed by atoms with E-state index in [0.717, 1.165) is 0 Å². The number of rotatable bonds is 1. The molecule has 1 heterocycles. The molecule has 16 heavy (non-hydrogen) atoms. The molecule has 92 valence electrons. The number of aromatic nitrogens is 2. The molecular formula is C9H12BrF3N2O. The molecule has 0 aliphatic carbocycles. The summed E-state index contributed by atoms with van der Waals surface area (Å²) in [5.74, 6) is 0. The minimum atomic E-state index is -4.64. The lowest BCUT2D eigenvalue weighted by molar-refractivity contribution is -0.139. The Morgan fingerprint density at radius 3 is 2.12 bits per heavy atom. The van der Waals surface area contributed by atoms with Crippen molar-refractivity contribution in [2.24, 2.45) is 5.41 Å². The monoisotopic (exact) mass is 300 g/mol. The van der Waals surface area contributed by atoms with Gasteiger partial charge >= 0.3 is 6.18 Å². The Morgan fingerprint density at radius 1 is 1.31 bits per heavy atom. The highest BCUT2D eigenvalue weighted by molar-refractivity contribution is 9.10. The van der Waals surface area contributed by atoms with E-state index < -0.39 is 17.3 Å². The van der Waals surface area contributed by atoms with Crippen LogP contribution in [0.4, 0.5) is 13.2 Å². The minimum absolute atomic E-state index is 0.229. The molecule has 0 aliphatic heterocycles. The van der Waals surface area contributed by atoms with Crippen LogP contribution in [0.15, 0.2) is 9.40 Å². The topological polar surface area (TPSA) is 37.8 Å². The molecule has 0 atom stereocenters. The summed E-state index contributed by atoms with van der Waals surface area (Å²) in [6, 6.07) is 0. The van der Waals surface area contributed by atoms with Crippen molar-refractivity contribution in [3.8, 4) is 0 Å². The number of hydrogen-bond acceptors (Lipinski definition) is 1. The van der Waals surface area contributed by atoms with Crippen LogP contribution >= 0.6 is 15.9 Å². The molecule has 0 spiro atoms. The number of aromatic amines is 1. The first kappa shape index (κ1) is 13.3. The first-order valence-electron chi connectivity index (χ1n) is 4.58. The van der Waals surface area contributed by atoms with Crippen LogP contribution in [0.3, 0.4) is 0 Å². The molecule has 0 saturated heterocycles. The Hall–Kier alpha value is -0.720. The van der Waals surface area contributed by atoms with Gasteiger partial charge in [-0.15, -0.1) is 0 Å². The number of halogens is 4. The third-order valence-electron chi connectivity index (χ3n) is 1.82. The standard InChI is InChI=1S/C9H12BrF3N2O/c1-8(2,3)4-15-6(10)5(7(16)14-15)9(11,12)13/h4H2,1-3H3,(H,14,16). The number of nitrogens with zero attached hydrogens (tertiary/aromatic N) is 1. The third kappa shape index (κ3) is 2.90. The normalized spacial score (nSPS) is 13.2. The molecule has 1 rings (SSSR count). The van der Waals surface area contributed by atoms with Gasteiger partial charge in [-0.1, -0.05) is 20.8 Å². The van der Waals surface area contributed by atoms with Gasteiger partial charge in [0.15, 0.2) is 5.56 Å². The maximum Gasteiger partial charge on any atom is 0.424 e. The van der Waals surface area contributed by atoms with Gasteiger partial charge in [0.25, 0.3) is 5.56 Å². The van der Waals surface area contributed by atoms with E-state index in [2.05, 4.69) is 21.0 Å². The highest BCUT2D eigenvalue weighted by Crippen LogP contribution is 2.32. The molecule has 1 aromatic rings. The third-order valence-corrected chi connectivity index (χ3v) is 2.65. The number of hydrogen-bond donors (Lipinski definition) is 1. The smallest absolute Gasteiger partial charge is 0.277 e. The maximum absolute atomic E-state index is 12.5. The fraction of sp³-hybridized carbons (Fsp3) is 0.667. The van der Waals surface area contributed by atoms with E-state index in [9.17, 15) is 18.0 Å². The zero-order chi connectivity index (χ0) is 12.7. The molecule has 7 heteroatoms. The van der Waals surface area contributed by atoms with Crippen molar-refractivity contribution in [1.82, 2.24) is 9.78 Å². The van der Waals surface area contributed by atoms with Gasteiger partial charge in [-0.05, 0) is 21.3 Å². The Bertz CT molecular complexity index is 439. The molecule has 0 radical (unpaired) electrons. The highest BCUT2D eigenvalue weighted by atomic mass is 79.9. The molecule has 0 aliphatic rings. The van der Waals surface area contributed by atoms with Crippen LogP contribution in [-0.4, -0.2) is 9.78 Å². The van der Waals surface area contributed by atoms with Gasteiger partial charge in [0.1, 0.15) is 4.60 Å². The summed E-state index contributed by atoms with van der Waals surface area (Å²) in [6.45, 7) is 5.89. The lowest BCUT2D eigenvalue weighted by Gasteiger charge is -2.19. The number of alkyl halides is 3. The molecule has 3 nitrogen and oxygen atoms in total. The zero-order valence-corrected chi connectivity index (χ0v) is 10.7. The molecule has 0 bridgehead atoms.